The minimum Gasteiger partial charge on any atom is -0.478 e. The van der Waals surface area contributed by atoms with E-state index >= 15 is 0 Å². The number of benzene rings is 1. The number of rotatable bonds is 8. The zero-order valence-corrected chi connectivity index (χ0v) is 15.5. The van der Waals surface area contributed by atoms with E-state index in [1.165, 1.54) is 22.9 Å². The van der Waals surface area contributed by atoms with Crippen LogP contribution in [0.3, 0.4) is 0 Å². The molecule has 10 heteroatoms. The highest BCUT2D eigenvalue weighted by atomic mass is 16.6. The molecule has 10 nitrogen and oxygen atoms in total. The largest absolute Gasteiger partial charge is 0.478 e. The van der Waals surface area contributed by atoms with Gasteiger partial charge in [0.1, 0.15) is 5.69 Å². The molecule has 0 aliphatic rings. The minimum atomic E-state index is -1.21. The van der Waals surface area contributed by atoms with Crippen LogP contribution in [0, 0.1) is 10.1 Å². The van der Waals surface area contributed by atoms with E-state index in [-0.39, 0.29) is 30.1 Å². The van der Waals surface area contributed by atoms with Gasteiger partial charge in [0.15, 0.2) is 0 Å². The normalized spacial score (nSPS) is 10.7. The summed E-state index contributed by atoms with van der Waals surface area (Å²) in [6, 6.07) is 7.72. The fourth-order valence-corrected chi connectivity index (χ4v) is 2.91. The zero-order valence-electron chi connectivity index (χ0n) is 15.5. The summed E-state index contributed by atoms with van der Waals surface area (Å²) in [7, 11) is 0. The Hall–Kier alpha value is -3.95. The summed E-state index contributed by atoms with van der Waals surface area (Å²) >= 11 is 0. The van der Waals surface area contributed by atoms with E-state index in [2.05, 4.69) is 5.10 Å². The van der Waals surface area contributed by atoms with E-state index in [0.717, 1.165) is 0 Å². The molecule has 2 heterocycles. The molecule has 0 amide bonds. The molecular weight excluding hydrogens is 380 g/mol. The second-order valence-corrected chi connectivity index (χ2v) is 6.19. The minimum absolute atomic E-state index is 0.0131. The average molecular weight is 398 g/mol. The van der Waals surface area contributed by atoms with Gasteiger partial charge >= 0.3 is 11.9 Å². The number of nitro groups is 1. The molecule has 0 radical (unpaired) electrons. The van der Waals surface area contributed by atoms with Crippen LogP contribution in [0.4, 0.5) is 5.69 Å². The smallest absolute Gasteiger partial charge is 0.354 e. The molecule has 1 N–H and O–H groups in total. The maximum Gasteiger partial charge on any atom is 0.354 e. The highest BCUT2D eigenvalue weighted by Crippen LogP contribution is 2.24. The van der Waals surface area contributed by atoms with Gasteiger partial charge in [-0.25, -0.2) is 9.59 Å². The standard InChI is InChI=1S/C19H18N4O6/c1-2-29-19(26)17-9-15(18(24)25)12-21(17)11-14-5-4-13(8-16(14)23(27)28)10-22-7-3-6-20-22/h3-9,12H,2,10-11H2,1H3,(H,24,25). The molecule has 0 saturated carbocycles. The van der Waals surface area contributed by atoms with Crippen molar-refractivity contribution in [1.82, 2.24) is 14.3 Å². The first-order chi connectivity index (χ1) is 13.9. The predicted octanol–water partition coefficient (Wildman–Crippen LogP) is 2.56. The van der Waals surface area contributed by atoms with Crippen LogP contribution >= 0.6 is 0 Å². The molecule has 0 unspecified atom stereocenters. The molecule has 0 aliphatic heterocycles. The van der Waals surface area contributed by atoms with Gasteiger partial charge in [-0.15, -0.1) is 0 Å². The second kappa shape index (κ2) is 8.38. The highest BCUT2D eigenvalue weighted by Gasteiger charge is 2.21. The molecule has 2 aromatic heterocycles. The van der Waals surface area contributed by atoms with Gasteiger partial charge in [-0.05, 0) is 24.6 Å². The number of carbonyl (C=O) groups is 2. The molecule has 150 valence electrons. The Kier molecular flexibility index (Phi) is 5.72. The van der Waals surface area contributed by atoms with Crippen molar-refractivity contribution < 1.29 is 24.4 Å². The molecule has 29 heavy (non-hydrogen) atoms. The molecule has 0 atom stereocenters. The predicted molar refractivity (Wildman–Crippen MR) is 101 cm³/mol. The van der Waals surface area contributed by atoms with Crippen molar-refractivity contribution >= 4 is 17.6 Å². The van der Waals surface area contributed by atoms with E-state index in [4.69, 9.17) is 4.74 Å². The number of aromatic carboxylic acids is 1. The number of carboxylic acid groups (broad SMARTS) is 1. The van der Waals surface area contributed by atoms with E-state index < -0.39 is 16.9 Å². The molecular formula is C19H18N4O6. The van der Waals surface area contributed by atoms with Crippen molar-refractivity contribution in [3.8, 4) is 0 Å². The van der Waals surface area contributed by atoms with Gasteiger partial charge in [-0.3, -0.25) is 14.8 Å². The van der Waals surface area contributed by atoms with Gasteiger partial charge in [0.05, 0.1) is 30.2 Å². The average Bonchev–Trinajstić information content (AvgIpc) is 3.33. The Morgan fingerprint density at radius 1 is 1.28 bits per heavy atom. The van der Waals surface area contributed by atoms with Crippen LogP contribution in [0.2, 0.25) is 0 Å². The summed E-state index contributed by atoms with van der Waals surface area (Å²) < 4.78 is 7.94. The fraction of sp³-hybridized carbons (Fsp3) is 0.211. The summed E-state index contributed by atoms with van der Waals surface area (Å²) in [4.78, 5) is 34.5. The number of hydrogen-bond donors (Lipinski definition) is 1. The zero-order chi connectivity index (χ0) is 21.0. The first-order valence-corrected chi connectivity index (χ1v) is 8.73. The summed E-state index contributed by atoms with van der Waals surface area (Å²) in [5.41, 5.74) is 0.797. The lowest BCUT2D eigenvalue weighted by atomic mass is 10.1. The Bertz CT molecular complexity index is 1050. The molecule has 0 bridgehead atoms. The van der Waals surface area contributed by atoms with Crippen molar-refractivity contribution in [2.45, 2.75) is 20.0 Å². The monoisotopic (exact) mass is 398 g/mol. The van der Waals surface area contributed by atoms with E-state index in [1.54, 1.807) is 42.2 Å². The highest BCUT2D eigenvalue weighted by molar-refractivity contribution is 5.94. The van der Waals surface area contributed by atoms with Gasteiger partial charge in [0, 0.05) is 30.2 Å². The number of nitrogens with zero attached hydrogens (tertiary/aromatic N) is 4. The molecule has 3 aromatic rings. The maximum absolute atomic E-state index is 12.2. The van der Waals surface area contributed by atoms with Crippen LogP contribution in [0.25, 0.3) is 0 Å². The quantitative estimate of drug-likeness (QED) is 0.351. The SMILES string of the molecule is CCOC(=O)c1cc(C(=O)O)cn1Cc1ccc(Cn2cccn2)cc1[N+](=O)[O-]. The van der Waals surface area contributed by atoms with E-state index in [9.17, 15) is 24.8 Å². The number of nitro benzene ring substituents is 1. The van der Waals surface area contributed by atoms with Crippen molar-refractivity contribution in [2.75, 3.05) is 6.61 Å². The van der Waals surface area contributed by atoms with Crippen LogP contribution < -0.4 is 0 Å². The Morgan fingerprint density at radius 3 is 2.69 bits per heavy atom. The van der Waals surface area contributed by atoms with E-state index in [0.29, 0.717) is 17.7 Å². The van der Waals surface area contributed by atoms with Gasteiger partial charge < -0.3 is 14.4 Å². The van der Waals surface area contributed by atoms with Crippen molar-refractivity contribution in [3.63, 3.8) is 0 Å². The lowest BCUT2D eigenvalue weighted by Crippen LogP contribution is -2.13. The van der Waals surface area contributed by atoms with E-state index in [1.807, 2.05) is 0 Å². The third-order valence-electron chi connectivity index (χ3n) is 4.22. The second-order valence-electron chi connectivity index (χ2n) is 6.19. The fourth-order valence-electron chi connectivity index (χ4n) is 2.91. The third-order valence-corrected chi connectivity index (χ3v) is 4.22. The van der Waals surface area contributed by atoms with Gasteiger partial charge in [0.2, 0.25) is 0 Å². The number of aromatic nitrogens is 3. The van der Waals surface area contributed by atoms with Crippen LogP contribution in [0.1, 0.15) is 38.9 Å². The number of carbonyl (C=O) groups excluding carboxylic acids is 1. The number of esters is 1. The third kappa shape index (κ3) is 4.49. The maximum atomic E-state index is 12.2. The topological polar surface area (TPSA) is 129 Å². The molecule has 1 aromatic carbocycles. The first-order valence-electron chi connectivity index (χ1n) is 8.73. The lowest BCUT2D eigenvalue weighted by Gasteiger charge is -2.10. The molecule has 0 fully saturated rings. The van der Waals surface area contributed by atoms with Crippen molar-refractivity contribution in [2.24, 2.45) is 0 Å². The summed E-state index contributed by atoms with van der Waals surface area (Å²) in [6.07, 6.45) is 4.63. The van der Waals surface area contributed by atoms with Crippen LogP contribution in [0.15, 0.2) is 48.9 Å². The van der Waals surface area contributed by atoms with Crippen molar-refractivity contribution in [3.05, 3.63) is 81.4 Å². The van der Waals surface area contributed by atoms with Gasteiger partial charge in [0.25, 0.3) is 5.69 Å². The first kappa shape index (κ1) is 19.8. The molecule has 0 saturated heterocycles. The van der Waals surface area contributed by atoms with Crippen LogP contribution in [-0.4, -0.2) is 42.9 Å². The Balaban J connectivity index is 1.95. The number of ether oxygens (including phenoxy) is 1. The van der Waals surface area contributed by atoms with Gasteiger partial charge in [-0.1, -0.05) is 12.1 Å². The Labute approximate surface area is 165 Å². The summed E-state index contributed by atoms with van der Waals surface area (Å²) in [5, 5.41) is 24.9. The summed E-state index contributed by atoms with van der Waals surface area (Å²) in [5.74, 6) is -1.91. The molecule has 3 rings (SSSR count). The Morgan fingerprint density at radius 2 is 2.07 bits per heavy atom. The summed E-state index contributed by atoms with van der Waals surface area (Å²) in [6.45, 7) is 2.07. The molecule has 0 aliphatic carbocycles. The van der Waals surface area contributed by atoms with Crippen LogP contribution in [-0.2, 0) is 17.8 Å². The van der Waals surface area contributed by atoms with Gasteiger partial charge in [-0.2, -0.15) is 5.10 Å². The van der Waals surface area contributed by atoms with Crippen molar-refractivity contribution in [1.29, 1.82) is 0 Å². The molecule has 0 spiro atoms. The lowest BCUT2D eigenvalue weighted by molar-refractivity contribution is -0.385. The van der Waals surface area contributed by atoms with Crippen LogP contribution in [0.5, 0.6) is 0 Å². The number of hydrogen-bond acceptors (Lipinski definition) is 6. The number of carboxylic acids is 1.